The Labute approximate surface area is 111 Å². The normalized spacial score (nSPS) is 14.0. The number of methoxy groups -OCH3 is 2. The fourth-order valence-electron chi connectivity index (χ4n) is 1.69. The van der Waals surface area contributed by atoms with Crippen LogP contribution in [0.15, 0.2) is 6.33 Å². The molecule has 1 heterocycles. The summed E-state index contributed by atoms with van der Waals surface area (Å²) in [5.74, 6) is 0.890. The second-order valence-corrected chi connectivity index (χ2v) is 4.32. The number of hydrogen-bond donors (Lipinski definition) is 2. The first kappa shape index (κ1) is 13.5. The first-order valence-electron chi connectivity index (χ1n) is 6.16. The third-order valence-electron chi connectivity index (χ3n) is 2.78. The molecule has 1 fully saturated rings. The smallest absolute Gasteiger partial charge is 0.234 e. The molecule has 0 aromatic carbocycles. The summed E-state index contributed by atoms with van der Waals surface area (Å²) in [5.41, 5.74) is 0.701. The zero-order chi connectivity index (χ0) is 13.7. The van der Waals surface area contributed by atoms with Crippen LogP contribution in [0.4, 0.5) is 0 Å². The van der Waals surface area contributed by atoms with Crippen LogP contribution in [-0.4, -0.2) is 42.7 Å². The lowest BCUT2D eigenvalue weighted by Crippen LogP contribution is -2.34. The van der Waals surface area contributed by atoms with Crippen LogP contribution in [0.2, 0.25) is 0 Å². The molecule has 1 aromatic rings. The Morgan fingerprint density at radius 1 is 1.32 bits per heavy atom. The number of nitrogens with zero attached hydrogens (tertiary/aromatic N) is 2. The number of carbonyl (C=O) groups is 1. The predicted molar refractivity (Wildman–Crippen MR) is 68.0 cm³/mol. The number of aromatic nitrogens is 2. The molecule has 0 atom stereocenters. The van der Waals surface area contributed by atoms with Gasteiger partial charge in [0.1, 0.15) is 6.33 Å². The lowest BCUT2D eigenvalue weighted by Gasteiger charge is -2.11. The van der Waals surface area contributed by atoms with Crippen LogP contribution in [-0.2, 0) is 11.3 Å². The van der Waals surface area contributed by atoms with Crippen LogP contribution in [0.5, 0.6) is 11.8 Å². The van der Waals surface area contributed by atoms with Crippen molar-refractivity contribution in [2.24, 2.45) is 0 Å². The van der Waals surface area contributed by atoms with Crippen LogP contribution in [0.1, 0.15) is 18.4 Å². The Morgan fingerprint density at radius 3 is 2.47 bits per heavy atom. The Balaban J connectivity index is 1.88. The standard InChI is InChI=1S/C12H18N4O3/c1-18-11-9(12(19-2)15-7-14-11)5-13-6-10(17)16-8-3-4-8/h7-8,13H,3-6H2,1-2H3,(H,16,17). The molecule has 7 heteroatoms. The van der Waals surface area contributed by atoms with Crippen molar-refractivity contribution in [1.29, 1.82) is 0 Å². The summed E-state index contributed by atoms with van der Waals surface area (Å²) >= 11 is 0. The van der Waals surface area contributed by atoms with Gasteiger partial charge < -0.3 is 20.1 Å². The number of ether oxygens (including phenoxy) is 2. The first-order valence-corrected chi connectivity index (χ1v) is 6.16. The largest absolute Gasteiger partial charge is 0.481 e. The van der Waals surface area contributed by atoms with Gasteiger partial charge in [-0.1, -0.05) is 0 Å². The van der Waals surface area contributed by atoms with Crippen LogP contribution in [0.3, 0.4) is 0 Å². The van der Waals surface area contributed by atoms with E-state index in [1.54, 1.807) is 0 Å². The number of rotatable bonds is 7. The fraction of sp³-hybridized carbons (Fsp3) is 0.583. The maximum atomic E-state index is 11.5. The Kier molecular flexibility index (Phi) is 4.51. The molecule has 1 amide bonds. The van der Waals surface area contributed by atoms with Gasteiger partial charge in [0.05, 0.1) is 26.3 Å². The zero-order valence-corrected chi connectivity index (χ0v) is 11.1. The highest BCUT2D eigenvalue weighted by Gasteiger charge is 2.23. The summed E-state index contributed by atoms with van der Waals surface area (Å²) in [5, 5.41) is 5.93. The van der Waals surface area contributed by atoms with Crippen molar-refractivity contribution in [3.05, 3.63) is 11.9 Å². The van der Waals surface area contributed by atoms with Crippen molar-refractivity contribution in [3.63, 3.8) is 0 Å². The molecule has 2 N–H and O–H groups in total. The summed E-state index contributed by atoms with van der Waals surface area (Å²) in [4.78, 5) is 19.5. The van der Waals surface area contributed by atoms with Gasteiger partial charge in [-0.3, -0.25) is 4.79 Å². The molecule has 1 saturated carbocycles. The molecule has 0 saturated heterocycles. The van der Waals surface area contributed by atoms with Gasteiger partial charge in [-0.25, -0.2) is 9.97 Å². The van der Waals surface area contributed by atoms with Crippen molar-refractivity contribution in [2.75, 3.05) is 20.8 Å². The lowest BCUT2D eigenvalue weighted by atomic mass is 10.3. The van der Waals surface area contributed by atoms with E-state index in [9.17, 15) is 4.79 Å². The highest BCUT2D eigenvalue weighted by atomic mass is 16.5. The maximum Gasteiger partial charge on any atom is 0.234 e. The number of nitrogens with one attached hydrogen (secondary N) is 2. The lowest BCUT2D eigenvalue weighted by molar-refractivity contribution is -0.120. The van der Waals surface area contributed by atoms with Crippen LogP contribution in [0.25, 0.3) is 0 Å². The average molecular weight is 266 g/mol. The van der Waals surface area contributed by atoms with E-state index in [0.717, 1.165) is 12.8 Å². The second-order valence-electron chi connectivity index (χ2n) is 4.32. The average Bonchev–Trinajstić information content (AvgIpc) is 3.22. The van der Waals surface area contributed by atoms with E-state index in [1.807, 2.05) is 0 Å². The van der Waals surface area contributed by atoms with E-state index in [0.29, 0.717) is 29.9 Å². The number of amides is 1. The molecular formula is C12H18N4O3. The molecule has 0 bridgehead atoms. The fourth-order valence-corrected chi connectivity index (χ4v) is 1.69. The Hall–Kier alpha value is -1.89. The van der Waals surface area contributed by atoms with E-state index in [2.05, 4.69) is 20.6 Å². The van der Waals surface area contributed by atoms with E-state index >= 15 is 0 Å². The maximum absolute atomic E-state index is 11.5. The second kappa shape index (κ2) is 6.33. The third kappa shape index (κ3) is 3.78. The highest BCUT2D eigenvalue weighted by molar-refractivity contribution is 5.78. The third-order valence-corrected chi connectivity index (χ3v) is 2.78. The molecule has 0 aliphatic heterocycles. The topological polar surface area (TPSA) is 85.4 Å². The number of carbonyl (C=O) groups excluding carboxylic acids is 1. The van der Waals surface area contributed by atoms with Crippen molar-refractivity contribution in [3.8, 4) is 11.8 Å². The molecule has 19 heavy (non-hydrogen) atoms. The summed E-state index contributed by atoms with van der Waals surface area (Å²) < 4.78 is 10.3. The van der Waals surface area contributed by atoms with Crippen LogP contribution >= 0.6 is 0 Å². The number of hydrogen-bond acceptors (Lipinski definition) is 6. The van der Waals surface area contributed by atoms with Crippen molar-refractivity contribution in [1.82, 2.24) is 20.6 Å². The van der Waals surface area contributed by atoms with Crippen molar-refractivity contribution in [2.45, 2.75) is 25.4 Å². The van der Waals surface area contributed by atoms with Gasteiger partial charge in [-0.15, -0.1) is 0 Å². The molecule has 0 spiro atoms. The SMILES string of the molecule is COc1ncnc(OC)c1CNCC(=O)NC1CC1. The van der Waals surface area contributed by atoms with Crippen molar-refractivity contribution >= 4 is 5.91 Å². The summed E-state index contributed by atoms with van der Waals surface area (Å²) in [6.07, 6.45) is 3.54. The minimum atomic E-state index is -0.00252. The molecule has 2 rings (SSSR count). The van der Waals surface area contributed by atoms with Crippen molar-refractivity contribution < 1.29 is 14.3 Å². The molecule has 1 aromatic heterocycles. The molecule has 1 aliphatic rings. The van der Waals surface area contributed by atoms with Crippen LogP contribution < -0.4 is 20.1 Å². The van der Waals surface area contributed by atoms with Gasteiger partial charge in [0, 0.05) is 12.6 Å². The Bertz CT molecular complexity index is 426. The minimum Gasteiger partial charge on any atom is -0.481 e. The van der Waals surface area contributed by atoms with Crippen LogP contribution in [0, 0.1) is 0 Å². The van der Waals surface area contributed by atoms with E-state index in [-0.39, 0.29) is 12.5 Å². The minimum absolute atomic E-state index is 0.00252. The van der Waals surface area contributed by atoms with Gasteiger partial charge >= 0.3 is 0 Å². The van der Waals surface area contributed by atoms with Gasteiger partial charge in [-0.05, 0) is 12.8 Å². The molecule has 1 aliphatic carbocycles. The summed E-state index contributed by atoms with van der Waals surface area (Å²) in [6, 6.07) is 0.374. The quantitative estimate of drug-likeness (QED) is 0.714. The highest BCUT2D eigenvalue weighted by Crippen LogP contribution is 2.22. The van der Waals surface area contributed by atoms with Gasteiger partial charge in [-0.2, -0.15) is 0 Å². The van der Waals surface area contributed by atoms with Gasteiger partial charge in [0.15, 0.2) is 0 Å². The van der Waals surface area contributed by atoms with Gasteiger partial charge in [0.25, 0.3) is 0 Å². The van der Waals surface area contributed by atoms with E-state index in [4.69, 9.17) is 9.47 Å². The zero-order valence-electron chi connectivity index (χ0n) is 11.1. The first-order chi connectivity index (χ1) is 9.24. The summed E-state index contributed by atoms with van der Waals surface area (Å²) in [6.45, 7) is 0.656. The summed E-state index contributed by atoms with van der Waals surface area (Å²) in [7, 11) is 3.07. The Morgan fingerprint density at radius 2 is 1.95 bits per heavy atom. The van der Waals surface area contributed by atoms with E-state index < -0.39 is 0 Å². The monoisotopic (exact) mass is 266 g/mol. The molecule has 7 nitrogen and oxygen atoms in total. The van der Waals surface area contributed by atoms with Gasteiger partial charge in [0.2, 0.25) is 17.7 Å². The molecule has 0 unspecified atom stereocenters. The molecule has 0 radical (unpaired) electrons. The van der Waals surface area contributed by atoms with E-state index in [1.165, 1.54) is 20.5 Å². The predicted octanol–water partition coefficient (Wildman–Crippen LogP) is -0.138. The molecular weight excluding hydrogens is 248 g/mol. The molecule has 104 valence electrons.